The van der Waals surface area contributed by atoms with Crippen LogP contribution in [0, 0.1) is 0 Å². The summed E-state index contributed by atoms with van der Waals surface area (Å²) in [5, 5.41) is 3.14. The number of hydrogen-bond acceptors (Lipinski definition) is 6. The fraction of sp³-hybridized carbons (Fsp3) is 0.250. The largest absolute Gasteiger partial charge is 0.462 e. The molecule has 0 aliphatic heterocycles. The van der Waals surface area contributed by atoms with E-state index < -0.39 is 5.97 Å². The molecule has 0 saturated carbocycles. The second-order valence-electron chi connectivity index (χ2n) is 5.01. The molecule has 0 fully saturated rings. The van der Waals surface area contributed by atoms with E-state index in [-0.39, 0.29) is 5.50 Å². The zero-order chi connectivity index (χ0) is 17.1. The Morgan fingerprint density at radius 2 is 2.12 bits per heavy atom. The molecule has 0 spiro atoms. The molecule has 124 valence electrons. The molecule has 0 aliphatic rings. The first kappa shape index (κ1) is 16.2. The maximum atomic E-state index is 12.1. The summed E-state index contributed by atoms with van der Waals surface area (Å²) in [6, 6.07) is 7.07. The van der Waals surface area contributed by atoms with Gasteiger partial charge < -0.3 is 10.1 Å². The van der Waals surface area contributed by atoms with Gasteiger partial charge in [-0.25, -0.2) is 19.7 Å². The van der Waals surface area contributed by atoms with Crippen LogP contribution in [-0.2, 0) is 4.74 Å². The minimum absolute atomic E-state index is 0.287. The molecule has 2 heterocycles. The number of nitrogens with one attached hydrogen (secondary N) is 1. The Morgan fingerprint density at radius 1 is 1.33 bits per heavy atom. The highest BCUT2D eigenvalue weighted by Gasteiger charge is 2.16. The number of benzene rings is 1. The summed E-state index contributed by atoms with van der Waals surface area (Å²) in [6.45, 7) is 3.90. The highest BCUT2D eigenvalue weighted by molar-refractivity contribution is 6.19. The average Bonchev–Trinajstić information content (AvgIpc) is 3.01. The number of carbonyl (C=O) groups is 1. The van der Waals surface area contributed by atoms with Crippen LogP contribution in [0.25, 0.3) is 11.2 Å². The number of para-hydroxylation sites is 1. The molecule has 0 amide bonds. The first-order chi connectivity index (χ1) is 11.6. The van der Waals surface area contributed by atoms with Gasteiger partial charge in [-0.05, 0) is 26.0 Å². The maximum Gasteiger partial charge on any atom is 0.340 e. The summed E-state index contributed by atoms with van der Waals surface area (Å²) >= 11 is 6.12. The topological polar surface area (TPSA) is 81.9 Å². The normalized spacial score (nSPS) is 12.1. The number of nitrogens with zero attached hydrogens (tertiary/aromatic N) is 4. The highest BCUT2D eigenvalue weighted by Crippen LogP contribution is 2.26. The molecule has 7 nitrogen and oxygen atoms in total. The second-order valence-corrected chi connectivity index (χ2v) is 5.64. The number of ether oxygens (including phenoxy) is 1. The van der Waals surface area contributed by atoms with E-state index in [1.807, 2.05) is 13.0 Å². The zero-order valence-corrected chi connectivity index (χ0v) is 14.0. The van der Waals surface area contributed by atoms with E-state index in [4.69, 9.17) is 16.3 Å². The molecular weight excluding hydrogens is 330 g/mol. The van der Waals surface area contributed by atoms with Crippen LogP contribution in [0.5, 0.6) is 0 Å². The second kappa shape index (κ2) is 6.84. The molecule has 0 aliphatic carbocycles. The number of rotatable bonds is 5. The zero-order valence-electron chi connectivity index (χ0n) is 13.2. The van der Waals surface area contributed by atoms with Crippen LogP contribution >= 0.6 is 11.6 Å². The minimum Gasteiger partial charge on any atom is -0.462 e. The molecule has 3 aromatic rings. The van der Waals surface area contributed by atoms with Gasteiger partial charge in [-0.3, -0.25) is 4.57 Å². The molecule has 1 unspecified atom stereocenters. The van der Waals surface area contributed by atoms with Crippen molar-refractivity contribution in [1.82, 2.24) is 19.5 Å². The number of hydrogen-bond donors (Lipinski definition) is 1. The van der Waals surface area contributed by atoms with E-state index in [1.54, 1.807) is 36.0 Å². The predicted molar refractivity (Wildman–Crippen MR) is 91.6 cm³/mol. The number of carbonyl (C=O) groups excluding carboxylic acids is 1. The molecular formula is C16H16ClN5O2. The molecule has 1 atom stereocenters. The summed E-state index contributed by atoms with van der Waals surface area (Å²) in [5.74, 6) is 0.0959. The van der Waals surface area contributed by atoms with Gasteiger partial charge in [0.2, 0.25) is 0 Å². The predicted octanol–water partition coefficient (Wildman–Crippen LogP) is 3.50. The highest BCUT2D eigenvalue weighted by atomic mass is 35.5. The average molecular weight is 346 g/mol. The third-order valence-electron chi connectivity index (χ3n) is 3.42. The monoisotopic (exact) mass is 345 g/mol. The Kier molecular flexibility index (Phi) is 4.61. The van der Waals surface area contributed by atoms with Gasteiger partial charge in [0.05, 0.1) is 24.2 Å². The SMILES string of the molecule is CCOC(=O)c1ccccc1Nc1ncnc2c1ncn2C(C)Cl. The lowest BCUT2D eigenvalue weighted by Crippen LogP contribution is -2.08. The van der Waals surface area contributed by atoms with Crippen molar-refractivity contribution in [1.29, 1.82) is 0 Å². The van der Waals surface area contributed by atoms with Gasteiger partial charge in [-0.1, -0.05) is 23.7 Å². The van der Waals surface area contributed by atoms with Gasteiger partial charge in [0, 0.05) is 0 Å². The van der Waals surface area contributed by atoms with Crippen molar-refractivity contribution < 1.29 is 9.53 Å². The van der Waals surface area contributed by atoms with Crippen molar-refractivity contribution in [3.63, 3.8) is 0 Å². The first-order valence-electron chi connectivity index (χ1n) is 7.46. The van der Waals surface area contributed by atoms with Crippen LogP contribution in [0.15, 0.2) is 36.9 Å². The smallest absolute Gasteiger partial charge is 0.340 e. The molecule has 2 aromatic heterocycles. The Balaban J connectivity index is 2.01. The van der Waals surface area contributed by atoms with Crippen LogP contribution < -0.4 is 5.32 Å². The lowest BCUT2D eigenvalue weighted by molar-refractivity contribution is 0.0527. The molecule has 0 bridgehead atoms. The van der Waals surface area contributed by atoms with Gasteiger partial charge in [0.25, 0.3) is 0 Å². The number of esters is 1. The van der Waals surface area contributed by atoms with E-state index >= 15 is 0 Å². The van der Waals surface area contributed by atoms with Crippen LogP contribution in [0.3, 0.4) is 0 Å². The minimum atomic E-state index is -0.397. The maximum absolute atomic E-state index is 12.1. The molecule has 1 N–H and O–H groups in total. The number of aromatic nitrogens is 4. The Hall–Kier alpha value is -2.67. The third-order valence-corrected chi connectivity index (χ3v) is 3.63. The molecule has 3 rings (SSSR count). The van der Waals surface area contributed by atoms with Gasteiger partial charge in [-0.2, -0.15) is 0 Å². The van der Waals surface area contributed by atoms with Crippen molar-refractivity contribution in [2.45, 2.75) is 19.3 Å². The quantitative estimate of drug-likeness (QED) is 0.563. The Morgan fingerprint density at radius 3 is 2.88 bits per heavy atom. The molecule has 8 heteroatoms. The number of imidazole rings is 1. The van der Waals surface area contributed by atoms with Crippen LogP contribution in [0.1, 0.15) is 29.7 Å². The molecule has 1 aromatic carbocycles. The number of alkyl halides is 1. The van der Waals surface area contributed by atoms with Crippen molar-refractivity contribution in [2.24, 2.45) is 0 Å². The number of halogens is 1. The molecule has 24 heavy (non-hydrogen) atoms. The van der Waals surface area contributed by atoms with Crippen molar-refractivity contribution in [3.8, 4) is 0 Å². The lowest BCUT2D eigenvalue weighted by Gasteiger charge is -2.11. The lowest BCUT2D eigenvalue weighted by atomic mass is 10.2. The third kappa shape index (κ3) is 3.03. The Bertz CT molecular complexity index is 878. The number of fused-ring (bicyclic) bond motifs is 1. The summed E-state index contributed by atoms with van der Waals surface area (Å²) in [5.41, 5.74) is 1.91. The van der Waals surface area contributed by atoms with Gasteiger partial charge in [0.15, 0.2) is 17.0 Å². The van der Waals surface area contributed by atoms with Gasteiger partial charge in [0.1, 0.15) is 11.8 Å². The van der Waals surface area contributed by atoms with Crippen molar-refractivity contribution >= 4 is 40.2 Å². The van der Waals surface area contributed by atoms with Crippen molar-refractivity contribution in [3.05, 3.63) is 42.5 Å². The van der Waals surface area contributed by atoms with Gasteiger partial charge in [-0.15, -0.1) is 0 Å². The van der Waals surface area contributed by atoms with Crippen molar-refractivity contribution in [2.75, 3.05) is 11.9 Å². The summed E-state index contributed by atoms with van der Waals surface area (Å²) < 4.78 is 6.82. The molecule has 0 saturated heterocycles. The molecule has 0 radical (unpaired) electrons. The van der Waals surface area contributed by atoms with Crippen LogP contribution in [0.2, 0.25) is 0 Å². The van der Waals surface area contributed by atoms with E-state index in [2.05, 4.69) is 20.3 Å². The van der Waals surface area contributed by atoms with E-state index in [0.717, 1.165) is 0 Å². The van der Waals surface area contributed by atoms with Gasteiger partial charge >= 0.3 is 5.97 Å². The Labute approximate surface area is 143 Å². The standard InChI is InChI=1S/C16H16ClN5O2/c1-3-24-16(23)11-6-4-5-7-12(11)21-14-13-15(19-8-18-14)22(9-20-13)10(2)17/h4-10H,3H2,1-2H3,(H,18,19,21). The first-order valence-corrected chi connectivity index (χ1v) is 7.90. The van der Waals surface area contributed by atoms with Crippen LogP contribution in [-0.4, -0.2) is 32.1 Å². The van der Waals surface area contributed by atoms with E-state index in [0.29, 0.717) is 34.8 Å². The fourth-order valence-electron chi connectivity index (χ4n) is 2.31. The summed E-state index contributed by atoms with van der Waals surface area (Å²) in [4.78, 5) is 24.9. The summed E-state index contributed by atoms with van der Waals surface area (Å²) in [7, 11) is 0. The summed E-state index contributed by atoms with van der Waals surface area (Å²) in [6.07, 6.45) is 3.04. The van der Waals surface area contributed by atoms with E-state index in [9.17, 15) is 4.79 Å². The number of anilines is 2. The van der Waals surface area contributed by atoms with E-state index in [1.165, 1.54) is 6.33 Å². The van der Waals surface area contributed by atoms with Crippen LogP contribution in [0.4, 0.5) is 11.5 Å². The fourth-order valence-corrected chi connectivity index (χ4v) is 2.45.